The van der Waals surface area contributed by atoms with Crippen LogP contribution in [0.3, 0.4) is 0 Å². The fourth-order valence-electron chi connectivity index (χ4n) is 1.48. The summed E-state index contributed by atoms with van der Waals surface area (Å²) in [6.45, 7) is 0. The van der Waals surface area contributed by atoms with Gasteiger partial charge in [-0.1, -0.05) is 0 Å². The Hall–Kier alpha value is -1.68. The van der Waals surface area contributed by atoms with Crippen LogP contribution in [0.25, 0.3) is 11.0 Å². The highest BCUT2D eigenvalue weighted by atomic mass is 35.5. The van der Waals surface area contributed by atoms with E-state index in [2.05, 4.69) is 0 Å². The first-order valence-electron chi connectivity index (χ1n) is 4.28. The van der Waals surface area contributed by atoms with E-state index in [0.29, 0.717) is 17.1 Å². The summed E-state index contributed by atoms with van der Waals surface area (Å²) in [5.74, 6) is 0.219. The van der Waals surface area contributed by atoms with Crippen LogP contribution in [0.5, 0.6) is 11.5 Å². The van der Waals surface area contributed by atoms with E-state index < -0.39 is 11.4 Å². The van der Waals surface area contributed by atoms with E-state index in [1.165, 1.54) is 6.07 Å². The van der Waals surface area contributed by atoms with E-state index in [1.54, 1.807) is 18.2 Å². The predicted octanol–water partition coefficient (Wildman–Crippen LogP) is 2.09. The third-order valence-electron chi connectivity index (χ3n) is 2.12. The largest absolute Gasteiger partial charge is 0.438 e. The second-order valence-corrected chi connectivity index (χ2v) is 3.46. The van der Waals surface area contributed by atoms with Gasteiger partial charge in [-0.15, -0.1) is 0 Å². The molecule has 0 saturated carbocycles. The number of fused-ring (bicyclic) bond motifs is 2. The molecule has 4 nitrogen and oxygen atoms in total. The average Bonchev–Trinajstić information content (AvgIpc) is 2.53. The average molecular weight is 225 g/mol. The zero-order valence-electron chi connectivity index (χ0n) is 7.40. The summed E-state index contributed by atoms with van der Waals surface area (Å²) in [6.07, 6.45) is 0. The Balaban J connectivity index is 2.29. The fraction of sp³-hybridized carbons (Fsp3) is 0.100. The molecular weight excluding hydrogens is 220 g/mol. The molecule has 15 heavy (non-hydrogen) atoms. The van der Waals surface area contributed by atoms with Crippen molar-refractivity contribution in [1.29, 1.82) is 0 Å². The third-order valence-corrected chi connectivity index (χ3v) is 2.30. The van der Waals surface area contributed by atoms with E-state index >= 15 is 0 Å². The molecular formula is C10H5ClO4. The molecule has 1 aromatic heterocycles. The Labute approximate surface area is 89.0 Å². The highest BCUT2D eigenvalue weighted by Gasteiger charge is 2.22. The van der Waals surface area contributed by atoms with Crippen molar-refractivity contribution < 1.29 is 13.9 Å². The van der Waals surface area contributed by atoms with Gasteiger partial charge in [0.1, 0.15) is 5.58 Å². The smallest absolute Gasteiger partial charge is 0.336 e. The van der Waals surface area contributed by atoms with E-state index in [4.69, 9.17) is 25.5 Å². The maximum Gasteiger partial charge on any atom is 0.336 e. The van der Waals surface area contributed by atoms with Crippen molar-refractivity contribution in [2.75, 3.05) is 0 Å². The monoisotopic (exact) mass is 224 g/mol. The van der Waals surface area contributed by atoms with Crippen LogP contribution < -0.4 is 15.1 Å². The normalized spacial score (nSPS) is 18.3. The summed E-state index contributed by atoms with van der Waals surface area (Å²) in [6, 6.07) is 6.32. The van der Waals surface area contributed by atoms with Crippen LogP contribution >= 0.6 is 11.6 Å². The van der Waals surface area contributed by atoms with Crippen molar-refractivity contribution in [3.8, 4) is 11.5 Å². The molecule has 5 heteroatoms. The van der Waals surface area contributed by atoms with E-state index in [-0.39, 0.29) is 0 Å². The summed E-state index contributed by atoms with van der Waals surface area (Å²) < 4.78 is 15.3. The van der Waals surface area contributed by atoms with Gasteiger partial charge in [-0.3, -0.25) is 0 Å². The van der Waals surface area contributed by atoms with Crippen LogP contribution in [0.2, 0.25) is 0 Å². The molecule has 2 heterocycles. The summed E-state index contributed by atoms with van der Waals surface area (Å²) >= 11 is 5.64. The van der Waals surface area contributed by atoms with Gasteiger partial charge in [0, 0.05) is 17.5 Å². The van der Waals surface area contributed by atoms with E-state index in [0.717, 1.165) is 5.39 Å². The van der Waals surface area contributed by atoms with Crippen LogP contribution in [0, 0.1) is 0 Å². The number of halogens is 1. The first-order valence-corrected chi connectivity index (χ1v) is 4.71. The maximum atomic E-state index is 11.0. The van der Waals surface area contributed by atoms with Gasteiger partial charge in [0.25, 0.3) is 0 Å². The minimum Gasteiger partial charge on any atom is -0.438 e. The molecule has 0 saturated heterocycles. The molecule has 1 aliphatic heterocycles. The molecule has 2 aromatic rings. The molecule has 0 aliphatic carbocycles. The molecule has 1 unspecified atom stereocenters. The minimum absolute atomic E-state index is 0.399. The van der Waals surface area contributed by atoms with Crippen LogP contribution in [-0.2, 0) is 0 Å². The van der Waals surface area contributed by atoms with Gasteiger partial charge in [-0.05, 0) is 23.7 Å². The molecule has 1 aromatic carbocycles. The Morgan fingerprint density at radius 2 is 1.87 bits per heavy atom. The number of rotatable bonds is 0. The molecule has 0 radical (unpaired) electrons. The lowest BCUT2D eigenvalue weighted by atomic mass is 10.2. The molecule has 76 valence electrons. The van der Waals surface area contributed by atoms with Crippen LogP contribution in [0.15, 0.2) is 33.5 Å². The molecule has 1 atom stereocenters. The lowest BCUT2D eigenvalue weighted by Gasteiger charge is -1.97. The quantitative estimate of drug-likeness (QED) is 0.508. The van der Waals surface area contributed by atoms with Gasteiger partial charge in [0.2, 0.25) is 0 Å². The number of hydrogen-bond acceptors (Lipinski definition) is 4. The standard InChI is InChI=1S/C10H5ClO4/c11-10-14-7-3-5-1-2-9(12)13-6(5)4-8(7)15-10/h1-4,10H. The first-order chi connectivity index (χ1) is 7.22. The van der Waals surface area contributed by atoms with Gasteiger partial charge < -0.3 is 13.9 Å². The van der Waals surface area contributed by atoms with Gasteiger partial charge in [-0.25, -0.2) is 4.79 Å². The second-order valence-electron chi connectivity index (χ2n) is 3.10. The van der Waals surface area contributed by atoms with Gasteiger partial charge in [0.15, 0.2) is 11.5 Å². The van der Waals surface area contributed by atoms with Crippen molar-refractivity contribution >= 4 is 22.6 Å². The Morgan fingerprint density at radius 1 is 1.13 bits per heavy atom. The highest BCUT2D eigenvalue weighted by Crippen LogP contribution is 2.38. The SMILES string of the molecule is O=c1ccc2cc3c(cc2o1)OC(Cl)O3. The van der Waals surface area contributed by atoms with Crippen molar-refractivity contribution in [1.82, 2.24) is 0 Å². The Kier molecular flexibility index (Phi) is 1.67. The van der Waals surface area contributed by atoms with Crippen molar-refractivity contribution in [2.45, 2.75) is 5.75 Å². The van der Waals surface area contributed by atoms with Crippen molar-refractivity contribution in [2.24, 2.45) is 0 Å². The summed E-state index contributed by atoms with van der Waals surface area (Å²) in [4.78, 5) is 11.0. The topological polar surface area (TPSA) is 48.7 Å². The van der Waals surface area contributed by atoms with Crippen molar-refractivity contribution in [3.05, 3.63) is 34.7 Å². The molecule has 0 spiro atoms. The summed E-state index contributed by atoms with van der Waals surface area (Å²) in [7, 11) is 0. The summed E-state index contributed by atoms with van der Waals surface area (Å²) in [5, 5.41) is 0.766. The van der Waals surface area contributed by atoms with Crippen LogP contribution in [0.4, 0.5) is 0 Å². The van der Waals surface area contributed by atoms with Gasteiger partial charge in [0.05, 0.1) is 0 Å². The Bertz CT molecular complexity index is 589. The van der Waals surface area contributed by atoms with Crippen LogP contribution in [-0.4, -0.2) is 5.75 Å². The second kappa shape index (κ2) is 2.90. The number of alkyl halides is 1. The first kappa shape index (κ1) is 8.61. The fourth-order valence-corrected chi connectivity index (χ4v) is 1.68. The molecule has 0 N–H and O–H groups in total. The highest BCUT2D eigenvalue weighted by molar-refractivity contribution is 6.19. The zero-order chi connectivity index (χ0) is 10.4. The number of hydrogen-bond donors (Lipinski definition) is 0. The maximum absolute atomic E-state index is 11.0. The van der Waals surface area contributed by atoms with Gasteiger partial charge in [-0.2, -0.15) is 0 Å². The molecule has 0 bridgehead atoms. The van der Waals surface area contributed by atoms with Gasteiger partial charge >= 0.3 is 11.4 Å². The van der Waals surface area contributed by atoms with E-state index in [1.807, 2.05) is 0 Å². The molecule has 1 aliphatic rings. The minimum atomic E-state index is -0.816. The number of ether oxygens (including phenoxy) is 2. The van der Waals surface area contributed by atoms with Crippen LogP contribution in [0.1, 0.15) is 0 Å². The molecule has 0 amide bonds. The lowest BCUT2D eigenvalue weighted by Crippen LogP contribution is -2.07. The van der Waals surface area contributed by atoms with E-state index in [9.17, 15) is 4.79 Å². The Morgan fingerprint density at radius 3 is 2.67 bits per heavy atom. The predicted molar refractivity (Wildman–Crippen MR) is 53.4 cm³/mol. The third kappa shape index (κ3) is 1.34. The zero-order valence-corrected chi connectivity index (χ0v) is 8.15. The lowest BCUT2D eigenvalue weighted by molar-refractivity contribution is 0.128. The van der Waals surface area contributed by atoms with Crippen molar-refractivity contribution in [3.63, 3.8) is 0 Å². The summed E-state index contributed by atoms with van der Waals surface area (Å²) in [5.41, 5.74) is 0.0550. The molecule has 3 rings (SSSR count). The number of benzene rings is 1. The molecule has 0 fully saturated rings.